The van der Waals surface area contributed by atoms with Crippen LogP contribution < -0.4 is 6.15 Å². The van der Waals surface area contributed by atoms with Gasteiger partial charge in [-0.15, -0.1) is 13.2 Å². The third-order valence-corrected chi connectivity index (χ3v) is 0. The Morgan fingerprint density at radius 1 is 1.00 bits per heavy atom. The molecule has 0 rings (SSSR count). The average Bonchev–Trinajstić information content (AvgIpc) is 1.39. The van der Waals surface area contributed by atoms with E-state index in [9.17, 15) is 0 Å². The smallest absolute Gasteiger partial charge is 0.330 e. The Bertz CT molecular complexity index is 35.0. The summed E-state index contributed by atoms with van der Waals surface area (Å²) in [4.78, 5) is 0. The summed E-state index contributed by atoms with van der Waals surface area (Å²) >= 11 is 0. The molecule has 0 heterocycles. The summed E-state index contributed by atoms with van der Waals surface area (Å²) in [6, 6.07) is 0. The first-order valence-corrected chi connectivity index (χ1v) is 3.27. The molecule has 0 amide bonds. The van der Waals surface area contributed by atoms with Gasteiger partial charge in [-0.3, -0.25) is 0 Å². The monoisotopic (exact) mass is 192 g/mol. The van der Waals surface area contributed by atoms with Gasteiger partial charge >= 0.3 is 19.5 Å². The van der Waals surface area contributed by atoms with Crippen LogP contribution in [0.4, 0.5) is 0 Å². The van der Waals surface area contributed by atoms with Crippen molar-refractivity contribution < 1.29 is 19.5 Å². The van der Waals surface area contributed by atoms with Crippen LogP contribution in [-0.4, -0.2) is 20.5 Å². The molecule has 0 saturated carbocycles. The molecule has 4 heteroatoms. The Hall–Kier alpha value is 0.497. The van der Waals surface area contributed by atoms with Gasteiger partial charge < -0.3 is 20.5 Å². The van der Waals surface area contributed by atoms with Crippen molar-refractivity contribution in [3.63, 3.8) is 0 Å². The fourth-order valence-electron chi connectivity index (χ4n) is 0. The standard InChI is InChI=1S/2C2H5Si.N.Zn/c2*1-2-3;;/h2*2H,1,3H2;;/q2*-1;;+2. The number of rotatable bonds is 0. The van der Waals surface area contributed by atoms with Gasteiger partial charge in [0, 0.05) is 6.15 Å². The summed E-state index contributed by atoms with van der Waals surface area (Å²) in [7, 11) is 3.48. The molecule has 8 heavy (non-hydrogen) atoms. The Labute approximate surface area is 70.8 Å². The summed E-state index contributed by atoms with van der Waals surface area (Å²) < 4.78 is 0. The normalized spacial score (nSPS) is 3.00. The van der Waals surface area contributed by atoms with Crippen molar-refractivity contribution in [3.05, 3.63) is 24.6 Å². The van der Waals surface area contributed by atoms with Crippen LogP contribution in [0, 0.1) is 0 Å². The molecule has 0 fully saturated rings. The molecule has 0 aliphatic heterocycles. The van der Waals surface area contributed by atoms with Crippen LogP contribution in [0.3, 0.4) is 0 Å². The third-order valence-electron chi connectivity index (χ3n) is 0. The molecule has 0 aliphatic rings. The van der Waals surface area contributed by atoms with E-state index in [2.05, 4.69) is 13.2 Å². The first kappa shape index (κ1) is 23.6. The van der Waals surface area contributed by atoms with Crippen LogP contribution >= 0.6 is 0 Å². The molecule has 0 N–H and O–H groups in total. The minimum absolute atomic E-state index is 0. The number of hydrogen-bond donors (Lipinski definition) is 0. The number of nitrogens with zero attached hydrogens (tertiary/aromatic N) is 1. The van der Waals surface area contributed by atoms with Crippen molar-refractivity contribution in [2.45, 2.75) is 0 Å². The third kappa shape index (κ3) is 794. The molecule has 0 bridgehead atoms. The van der Waals surface area contributed by atoms with Crippen LogP contribution in [0.5, 0.6) is 0 Å². The van der Waals surface area contributed by atoms with Gasteiger partial charge in [0.25, 0.3) is 0 Å². The van der Waals surface area contributed by atoms with E-state index >= 15 is 0 Å². The largest absolute Gasteiger partial charge is 2.00 e. The Balaban J connectivity index is -0.0000000160. The van der Waals surface area contributed by atoms with E-state index in [4.69, 9.17) is 0 Å². The SMILES string of the molecule is C=C[SiH2-].C=C[SiH2-].[N].[Zn+2]. The van der Waals surface area contributed by atoms with Crippen molar-refractivity contribution in [1.82, 2.24) is 6.15 Å². The second-order valence-electron chi connectivity index (χ2n) is 0.577. The first-order chi connectivity index (χ1) is 2.83. The van der Waals surface area contributed by atoms with E-state index in [1.807, 2.05) is 0 Å². The average molecular weight is 194 g/mol. The second-order valence-corrected chi connectivity index (χ2v) is 1.73. The van der Waals surface area contributed by atoms with Gasteiger partial charge in [0.1, 0.15) is 0 Å². The summed E-state index contributed by atoms with van der Waals surface area (Å²) in [5.74, 6) is 0. The minimum atomic E-state index is 0. The van der Waals surface area contributed by atoms with Gasteiger partial charge in [-0.05, 0) is 0 Å². The van der Waals surface area contributed by atoms with Crippen LogP contribution in [0.1, 0.15) is 0 Å². The quantitative estimate of drug-likeness (QED) is 0.444. The molecule has 0 atom stereocenters. The molecule has 1 nitrogen and oxygen atoms in total. The van der Waals surface area contributed by atoms with Crippen molar-refractivity contribution in [2.24, 2.45) is 0 Å². The van der Waals surface area contributed by atoms with Crippen LogP contribution in [0.25, 0.3) is 0 Å². The Kier molecular flexibility index (Phi) is 150. The van der Waals surface area contributed by atoms with E-state index in [0.29, 0.717) is 0 Å². The van der Waals surface area contributed by atoms with Crippen LogP contribution in [-0.2, 0) is 19.5 Å². The molecule has 3 radical (unpaired) electrons. The molecule has 0 aromatic heterocycles. The zero-order valence-corrected chi connectivity index (χ0v) is 10.9. The van der Waals surface area contributed by atoms with E-state index in [1.54, 1.807) is 31.9 Å². The topological polar surface area (TPSA) is 30.5 Å². The maximum absolute atomic E-state index is 3.37. The molecule has 0 aromatic rings. The van der Waals surface area contributed by atoms with Gasteiger partial charge in [0.05, 0.1) is 0 Å². The summed E-state index contributed by atoms with van der Waals surface area (Å²) in [5.41, 5.74) is 3.56. The fourth-order valence-corrected chi connectivity index (χ4v) is 0. The van der Waals surface area contributed by atoms with Crippen molar-refractivity contribution in [2.75, 3.05) is 0 Å². The molecule has 0 spiro atoms. The molecule has 0 aliphatic carbocycles. The van der Waals surface area contributed by atoms with Crippen molar-refractivity contribution in [3.8, 4) is 0 Å². The zero-order chi connectivity index (χ0) is 5.41. The first-order valence-electron chi connectivity index (χ1n) is 1.63. The molecule has 41 valence electrons. The van der Waals surface area contributed by atoms with Crippen LogP contribution in [0.2, 0.25) is 0 Å². The van der Waals surface area contributed by atoms with Gasteiger partial charge in [-0.1, -0.05) is 0 Å². The van der Waals surface area contributed by atoms with Gasteiger partial charge in [0.15, 0.2) is 0 Å². The van der Waals surface area contributed by atoms with E-state index < -0.39 is 0 Å². The second kappa shape index (κ2) is 50.8. The summed E-state index contributed by atoms with van der Waals surface area (Å²) in [6.45, 7) is 6.75. The predicted molar refractivity (Wildman–Crippen MR) is 39.6 cm³/mol. The van der Waals surface area contributed by atoms with Crippen molar-refractivity contribution >= 4 is 20.5 Å². The van der Waals surface area contributed by atoms with Gasteiger partial charge in [-0.25, -0.2) is 11.4 Å². The molecule has 0 unspecified atom stereocenters. The van der Waals surface area contributed by atoms with Gasteiger partial charge in [0.2, 0.25) is 0 Å². The number of hydrogen-bond acceptors (Lipinski definition) is 0. The van der Waals surface area contributed by atoms with Gasteiger partial charge in [-0.2, -0.15) is 0 Å². The van der Waals surface area contributed by atoms with Crippen LogP contribution in [0.15, 0.2) is 24.6 Å². The Morgan fingerprint density at radius 2 is 1.00 bits per heavy atom. The molecule has 0 saturated heterocycles. The molecule has 0 aromatic carbocycles. The maximum atomic E-state index is 3.37. The summed E-state index contributed by atoms with van der Waals surface area (Å²) in [5, 5.41) is 0. The maximum Gasteiger partial charge on any atom is 2.00 e. The minimum Gasteiger partial charge on any atom is -0.330 e. The van der Waals surface area contributed by atoms with E-state index in [0.717, 1.165) is 0 Å². The zero-order valence-electron chi connectivity index (χ0n) is 5.14. The molecular formula is C4H10NSi2Zn. The van der Waals surface area contributed by atoms with E-state index in [-0.39, 0.29) is 25.6 Å². The predicted octanol–water partition coefficient (Wildman–Crippen LogP) is -0.957. The molecular weight excluding hydrogens is 184 g/mol. The van der Waals surface area contributed by atoms with E-state index in [1.165, 1.54) is 0 Å². The fraction of sp³-hybridized carbons (Fsp3) is 0. The van der Waals surface area contributed by atoms with Crippen molar-refractivity contribution in [1.29, 1.82) is 0 Å². The Morgan fingerprint density at radius 3 is 1.00 bits per heavy atom. The summed E-state index contributed by atoms with van der Waals surface area (Å²) in [6.07, 6.45) is 0.